The van der Waals surface area contributed by atoms with Crippen molar-refractivity contribution in [2.75, 3.05) is 18.6 Å². The van der Waals surface area contributed by atoms with Crippen LogP contribution in [-0.4, -0.2) is 28.7 Å². The smallest absolute Gasteiger partial charge is 0.331 e. The molecule has 0 saturated heterocycles. The summed E-state index contributed by atoms with van der Waals surface area (Å²) in [4.78, 5) is 39.8. The Morgan fingerprint density at radius 3 is 2.79 bits per heavy atom. The van der Waals surface area contributed by atoms with Crippen LogP contribution in [0.3, 0.4) is 0 Å². The number of nitriles is 1. The first kappa shape index (κ1) is 18.0. The van der Waals surface area contributed by atoms with Gasteiger partial charge in [0.15, 0.2) is 0 Å². The highest BCUT2D eigenvalue weighted by atomic mass is 16.5. The number of ether oxygens (including phenoxy) is 1. The molecule has 1 saturated carbocycles. The topological polar surface area (TPSA) is 97.3 Å². The normalized spacial score (nSPS) is 15.6. The van der Waals surface area contributed by atoms with Crippen LogP contribution in [0.15, 0.2) is 34.0 Å². The van der Waals surface area contributed by atoms with Gasteiger partial charge in [0.2, 0.25) is 5.91 Å². The highest BCUT2D eigenvalue weighted by molar-refractivity contribution is 5.94. The van der Waals surface area contributed by atoms with Crippen LogP contribution in [0, 0.1) is 11.3 Å². The Labute approximate surface area is 161 Å². The molecular weight excluding hydrogens is 360 g/mol. The van der Waals surface area contributed by atoms with E-state index in [4.69, 9.17) is 4.74 Å². The molecule has 1 aliphatic carbocycles. The van der Waals surface area contributed by atoms with Crippen molar-refractivity contribution in [2.24, 2.45) is 0 Å². The van der Waals surface area contributed by atoms with Gasteiger partial charge in [-0.2, -0.15) is 5.26 Å². The van der Waals surface area contributed by atoms with Crippen molar-refractivity contribution in [1.29, 1.82) is 5.26 Å². The molecule has 2 aromatic rings. The van der Waals surface area contributed by atoms with E-state index in [1.807, 2.05) is 18.2 Å². The number of hydrogen-bond donors (Lipinski definition) is 0. The van der Waals surface area contributed by atoms with Gasteiger partial charge in [-0.25, -0.2) is 9.36 Å². The Balaban J connectivity index is 1.69. The average molecular weight is 380 g/mol. The first-order valence-corrected chi connectivity index (χ1v) is 9.27. The number of carbonyl (C=O) groups is 1. The third-order valence-corrected chi connectivity index (χ3v) is 5.26. The summed E-state index contributed by atoms with van der Waals surface area (Å²) in [5.74, 6) is 0.376. The predicted octanol–water partition coefficient (Wildman–Crippen LogP) is 1.20. The molecule has 0 unspecified atom stereocenters. The van der Waals surface area contributed by atoms with E-state index in [-0.39, 0.29) is 24.1 Å². The summed E-state index contributed by atoms with van der Waals surface area (Å²) in [6.07, 6.45) is 4.59. The predicted molar refractivity (Wildman–Crippen MR) is 102 cm³/mol. The number of rotatable bonds is 4. The molecule has 144 valence electrons. The summed E-state index contributed by atoms with van der Waals surface area (Å²) < 4.78 is 7.54. The molecule has 2 heterocycles. The van der Waals surface area contributed by atoms with Crippen molar-refractivity contribution < 1.29 is 9.53 Å². The number of benzene rings is 1. The zero-order valence-electron chi connectivity index (χ0n) is 15.6. The second-order valence-electron chi connectivity index (χ2n) is 7.11. The number of fused-ring (bicyclic) bond motifs is 1. The zero-order valence-corrected chi connectivity index (χ0v) is 15.6. The number of carbonyl (C=O) groups excluding carboxylic acids is 1. The van der Waals surface area contributed by atoms with Crippen molar-refractivity contribution in [2.45, 2.75) is 38.3 Å². The summed E-state index contributed by atoms with van der Waals surface area (Å²) in [5.41, 5.74) is 0.385. The summed E-state index contributed by atoms with van der Waals surface area (Å²) >= 11 is 0. The zero-order chi connectivity index (χ0) is 19.8. The number of anilines is 1. The van der Waals surface area contributed by atoms with E-state index in [9.17, 15) is 19.6 Å². The van der Waals surface area contributed by atoms with Crippen molar-refractivity contribution in [3.8, 4) is 11.8 Å². The van der Waals surface area contributed by atoms with Crippen LogP contribution in [0.4, 0.5) is 5.69 Å². The van der Waals surface area contributed by atoms with Gasteiger partial charge < -0.3 is 9.64 Å². The molecule has 1 fully saturated rings. The molecule has 1 aromatic carbocycles. The van der Waals surface area contributed by atoms with E-state index in [1.165, 1.54) is 10.8 Å². The van der Waals surface area contributed by atoms with Gasteiger partial charge in [0, 0.05) is 24.5 Å². The second-order valence-corrected chi connectivity index (χ2v) is 7.11. The molecule has 2 aliphatic rings. The molecule has 1 aliphatic heterocycles. The third-order valence-electron chi connectivity index (χ3n) is 5.26. The lowest BCUT2D eigenvalue weighted by molar-refractivity contribution is -0.119. The van der Waals surface area contributed by atoms with E-state index in [0.29, 0.717) is 6.54 Å². The number of aryl methyl sites for hydroxylation is 1. The van der Waals surface area contributed by atoms with Gasteiger partial charge in [0.25, 0.3) is 5.56 Å². The van der Waals surface area contributed by atoms with Crippen molar-refractivity contribution in [3.05, 3.63) is 56.4 Å². The fourth-order valence-electron chi connectivity index (χ4n) is 3.63. The van der Waals surface area contributed by atoms with E-state index >= 15 is 0 Å². The molecule has 0 radical (unpaired) electrons. The second kappa shape index (κ2) is 7.00. The standard InChI is InChI=1S/C20H20N4O4/c1-28-16-6-7-17-13(9-16)3-2-8-22(17)18(25)12-24-19(26)14(10-21)11-23(20(24)27)15-4-5-15/h6-7,9,11,15H,2-5,8,12H2,1H3. The Morgan fingerprint density at radius 2 is 2.11 bits per heavy atom. The fraction of sp³-hybridized carbons (Fsp3) is 0.400. The highest BCUT2D eigenvalue weighted by Gasteiger charge is 2.29. The Morgan fingerprint density at radius 1 is 1.32 bits per heavy atom. The van der Waals surface area contributed by atoms with E-state index < -0.39 is 11.2 Å². The number of nitrogens with zero attached hydrogens (tertiary/aromatic N) is 4. The Kier molecular flexibility index (Phi) is 4.51. The van der Waals surface area contributed by atoms with E-state index in [1.54, 1.807) is 18.1 Å². The number of hydrogen-bond acceptors (Lipinski definition) is 5. The largest absolute Gasteiger partial charge is 0.497 e. The maximum Gasteiger partial charge on any atom is 0.331 e. The highest BCUT2D eigenvalue weighted by Crippen LogP contribution is 2.33. The van der Waals surface area contributed by atoms with Gasteiger partial charge in [0.1, 0.15) is 23.9 Å². The lowest BCUT2D eigenvalue weighted by atomic mass is 10.0. The SMILES string of the molecule is COc1ccc2c(c1)CCCN2C(=O)Cn1c(=O)c(C#N)cn(C2CC2)c1=O. The number of amides is 1. The van der Waals surface area contributed by atoms with Crippen LogP contribution in [0.1, 0.15) is 36.4 Å². The van der Waals surface area contributed by atoms with Crippen LogP contribution in [0.25, 0.3) is 0 Å². The van der Waals surface area contributed by atoms with E-state index in [0.717, 1.165) is 47.3 Å². The fourth-order valence-corrected chi connectivity index (χ4v) is 3.63. The first-order valence-electron chi connectivity index (χ1n) is 9.27. The number of methoxy groups -OCH3 is 1. The minimum Gasteiger partial charge on any atom is -0.497 e. The molecule has 28 heavy (non-hydrogen) atoms. The maximum atomic E-state index is 13.0. The van der Waals surface area contributed by atoms with Crippen LogP contribution in [0.5, 0.6) is 5.75 Å². The van der Waals surface area contributed by atoms with Gasteiger partial charge in [0.05, 0.1) is 7.11 Å². The van der Waals surface area contributed by atoms with Crippen LogP contribution in [0.2, 0.25) is 0 Å². The van der Waals surface area contributed by atoms with Gasteiger partial charge in [-0.1, -0.05) is 0 Å². The van der Waals surface area contributed by atoms with Gasteiger partial charge in [-0.15, -0.1) is 0 Å². The van der Waals surface area contributed by atoms with Gasteiger partial charge >= 0.3 is 5.69 Å². The molecule has 1 aromatic heterocycles. The lowest BCUT2D eigenvalue weighted by Gasteiger charge is -2.30. The quantitative estimate of drug-likeness (QED) is 0.794. The van der Waals surface area contributed by atoms with E-state index in [2.05, 4.69) is 0 Å². The third kappa shape index (κ3) is 3.09. The summed E-state index contributed by atoms with van der Waals surface area (Å²) in [6, 6.07) is 7.35. The monoisotopic (exact) mass is 380 g/mol. The molecule has 8 nitrogen and oxygen atoms in total. The van der Waals surface area contributed by atoms with Crippen molar-refractivity contribution >= 4 is 11.6 Å². The molecule has 0 bridgehead atoms. The molecule has 0 spiro atoms. The molecule has 4 rings (SSSR count). The average Bonchev–Trinajstić information content (AvgIpc) is 3.55. The first-order chi connectivity index (χ1) is 13.5. The Hall–Kier alpha value is -3.34. The van der Waals surface area contributed by atoms with Crippen LogP contribution in [-0.2, 0) is 17.8 Å². The van der Waals surface area contributed by atoms with Crippen molar-refractivity contribution in [3.63, 3.8) is 0 Å². The number of aromatic nitrogens is 2. The molecule has 0 N–H and O–H groups in total. The Bertz CT molecular complexity index is 1100. The summed E-state index contributed by atoms with van der Waals surface area (Å²) in [5, 5.41) is 9.24. The maximum absolute atomic E-state index is 13.0. The van der Waals surface area contributed by atoms with Crippen LogP contribution < -0.4 is 20.9 Å². The molecular formula is C20H20N4O4. The minimum atomic E-state index is -0.718. The van der Waals surface area contributed by atoms with Crippen molar-refractivity contribution in [1.82, 2.24) is 9.13 Å². The minimum absolute atomic E-state index is 0.00438. The lowest BCUT2D eigenvalue weighted by Crippen LogP contribution is -2.46. The van der Waals surface area contributed by atoms with Gasteiger partial charge in [-0.05, 0) is 49.4 Å². The van der Waals surface area contributed by atoms with Crippen LogP contribution >= 0.6 is 0 Å². The molecule has 1 amide bonds. The van der Waals surface area contributed by atoms with Gasteiger partial charge in [-0.3, -0.25) is 14.2 Å². The summed E-state index contributed by atoms with van der Waals surface area (Å²) in [7, 11) is 1.59. The summed E-state index contributed by atoms with van der Waals surface area (Å²) in [6.45, 7) is 0.132. The molecule has 8 heteroatoms. The molecule has 0 atom stereocenters.